The molecule has 0 bridgehead atoms. The van der Waals surface area contributed by atoms with Crippen LogP contribution in [-0.4, -0.2) is 35.1 Å². The second-order valence-corrected chi connectivity index (χ2v) is 5.64. The standard InChI is InChI=1S/C14H20ClN3/c1-10-6-5-7-12-13(10)16-14(11(2)15)18(12)9-8-17(3)4/h5-7,11H,8-9H2,1-4H3. The lowest BCUT2D eigenvalue weighted by molar-refractivity contribution is 0.383. The minimum absolute atomic E-state index is 0.0704. The monoisotopic (exact) mass is 265 g/mol. The van der Waals surface area contributed by atoms with E-state index in [1.807, 2.05) is 6.92 Å². The zero-order valence-electron chi connectivity index (χ0n) is 11.4. The molecule has 0 aliphatic rings. The van der Waals surface area contributed by atoms with Crippen LogP contribution in [0.15, 0.2) is 18.2 Å². The molecule has 0 N–H and O–H groups in total. The molecule has 1 aromatic heterocycles. The fourth-order valence-corrected chi connectivity index (χ4v) is 2.31. The molecule has 1 heterocycles. The van der Waals surface area contributed by atoms with Gasteiger partial charge >= 0.3 is 0 Å². The fourth-order valence-electron chi connectivity index (χ4n) is 2.14. The topological polar surface area (TPSA) is 21.1 Å². The summed E-state index contributed by atoms with van der Waals surface area (Å²) in [6, 6.07) is 6.29. The predicted molar refractivity (Wildman–Crippen MR) is 77.3 cm³/mol. The van der Waals surface area contributed by atoms with Crippen molar-refractivity contribution in [1.29, 1.82) is 0 Å². The SMILES string of the molecule is Cc1cccc2c1nc(C(C)Cl)n2CCN(C)C. The Kier molecular flexibility index (Phi) is 3.93. The Morgan fingerprint density at radius 3 is 2.72 bits per heavy atom. The largest absolute Gasteiger partial charge is 0.325 e. The normalized spacial score (nSPS) is 13.4. The first-order valence-electron chi connectivity index (χ1n) is 6.25. The molecule has 1 atom stereocenters. The lowest BCUT2D eigenvalue weighted by atomic mass is 10.2. The van der Waals surface area contributed by atoms with Crippen LogP contribution in [0, 0.1) is 6.92 Å². The predicted octanol–water partition coefficient (Wildman–Crippen LogP) is 3.21. The fraction of sp³-hybridized carbons (Fsp3) is 0.500. The molecule has 3 nitrogen and oxygen atoms in total. The summed E-state index contributed by atoms with van der Waals surface area (Å²) >= 11 is 6.25. The van der Waals surface area contributed by atoms with Crippen molar-refractivity contribution in [2.24, 2.45) is 0 Å². The lowest BCUT2D eigenvalue weighted by Crippen LogP contribution is -2.19. The number of aryl methyl sites for hydroxylation is 1. The van der Waals surface area contributed by atoms with Crippen LogP contribution < -0.4 is 0 Å². The summed E-state index contributed by atoms with van der Waals surface area (Å²) in [6.45, 7) is 5.97. The van der Waals surface area contributed by atoms with Gasteiger partial charge in [0.05, 0.1) is 16.4 Å². The first-order valence-corrected chi connectivity index (χ1v) is 6.69. The van der Waals surface area contributed by atoms with Crippen molar-refractivity contribution in [3.05, 3.63) is 29.6 Å². The smallest absolute Gasteiger partial charge is 0.127 e. The Labute approximate surface area is 113 Å². The number of rotatable bonds is 4. The van der Waals surface area contributed by atoms with E-state index in [0.29, 0.717) is 0 Å². The molecule has 2 rings (SSSR count). The van der Waals surface area contributed by atoms with Crippen LogP contribution in [0.4, 0.5) is 0 Å². The van der Waals surface area contributed by atoms with E-state index in [1.54, 1.807) is 0 Å². The Morgan fingerprint density at radius 2 is 2.11 bits per heavy atom. The Morgan fingerprint density at radius 1 is 1.39 bits per heavy atom. The van der Waals surface area contributed by atoms with Crippen LogP contribution in [0.5, 0.6) is 0 Å². The molecule has 1 aromatic carbocycles. The van der Waals surface area contributed by atoms with Crippen molar-refractivity contribution in [2.75, 3.05) is 20.6 Å². The third-order valence-electron chi connectivity index (χ3n) is 3.14. The summed E-state index contributed by atoms with van der Waals surface area (Å²) in [4.78, 5) is 6.87. The average molecular weight is 266 g/mol. The van der Waals surface area contributed by atoms with Gasteiger partial charge in [-0.1, -0.05) is 12.1 Å². The molecule has 0 saturated carbocycles. The molecule has 18 heavy (non-hydrogen) atoms. The number of aromatic nitrogens is 2. The van der Waals surface area contributed by atoms with E-state index < -0.39 is 0 Å². The number of fused-ring (bicyclic) bond motifs is 1. The summed E-state index contributed by atoms with van der Waals surface area (Å²) in [7, 11) is 4.16. The van der Waals surface area contributed by atoms with Gasteiger partial charge in [-0.25, -0.2) is 4.98 Å². The van der Waals surface area contributed by atoms with Crippen molar-refractivity contribution < 1.29 is 0 Å². The van der Waals surface area contributed by atoms with Gasteiger partial charge in [-0.15, -0.1) is 11.6 Å². The number of nitrogens with zero attached hydrogens (tertiary/aromatic N) is 3. The van der Waals surface area contributed by atoms with Gasteiger partial charge in [0.25, 0.3) is 0 Å². The maximum absolute atomic E-state index is 6.25. The molecule has 98 valence electrons. The van der Waals surface area contributed by atoms with Crippen LogP contribution >= 0.6 is 11.6 Å². The van der Waals surface area contributed by atoms with E-state index in [1.165, 1.54) is 11.1 Å². The highest BCUT2D eigenvalue weighted by atomic mass is 35.5. The van der Waals surface area contributed by atoms with Gasteiger partial charge in [0.15, 0.2) is 0 Å². The van der Waals surface area contributed by atoms with Gasteiger partial charge in [-0.05, 0) is 39.6 Å². The number of para-hydroxylation sites is 1. The minimum atomic E-state index is -0.0704. The van der Waals surface area contributed by atoms with Gasteiger partial charge in [0.2, 0.25) is 0 Å². The van der Waals surface area contributed by atoms with E-state index in [2.05, 4.69) is 48.7 Å². The van der Waals surface area contributed by atoms with Crippen LogP contribution in [-0.2, 0) is 6.54 Å². The third kappa shape index (κ3) is 2.52. The zero-order valence-corrected chi connectivity index (χ0v) is 12.2. The zero-order chi connectivity index (χ0) is 13.3. The second-order valence-electron chi connectivity index (χ2n) is 4.98. The van der Waals surface area contributed by atoms with Gasteiger partial charge in [0, 0.05) is 13.1 Å². The van der Waals surface area contributed by atoms with Crippen LogP contribution in [0.2, 0.25) is 0 Å². The molecule has 0 saturated heterocycles. The van der Waals surface area contributed by atoms with Crippen molar-refractivity contribution in [2.45, 2.75) is 25.8 Å². The molecule has 1 unspecified atom stereocenters. The highest BCUT2D eigenvalue weighted by Crippen LogP contribution is 2.26. The van der Waals surface area contributed by atoms with E-state index >= 15 is 0 Å². The average Bonchev–Trinajstić information content (AvgIpc) is 2.66. The van der Waals surface area contributed by atoms with Crippen molar-refractivity contribution in [3.8, 4) is 0 Å². The minimum Gasteiger partial charge on any atom is -0.325 e. The van der Waals surface area contributed by atoms with Crippen LogP contribution in [0.1, 0.15) is 23.7 Å². The number of hydrogen-bond acceptors (Lipinski definition) is 2. The molecule has 2 aromatic rings. The molecule has 0 radical (unpaired) electrons. The summed E-state index contributed by atoms with van der Waals surface area (Å²) in [5, 5.41) is -0.0704. The Hall–Kier alpha value is -1.06. The number of halogens is 1. The summed E-state index contributed by atoms with van der Waals surface area (Å²) < 4.78 is 2.24. The molecule has 4 heteroatoms. The van der Waals surface area contributed by atoms with E-state index in [4.69, 9.17) is 16.6 Å². The molecule has 0 amide bonds. The number of alkyl halides is 1. The number of hydrogen-bond donors (Lipinski definition) is 0. The maximum atomic E-state index is 6.25. The van der Waals surface area contributed by atoms with E-state index in [9.17, 15) is 0 Å². The molecule has 0 fully saturated rings. The third-order valence-corrected chi connectivity index (χ3v) is 3.33. The molecule has 0 aliphatic carbocycles. The Balaban J connectivity index is 2.52. The van der Waals surface area contributed by atoms with Gasteiger partial charge < -0.3 is 9.47 Å². The maximum Gasteiger partial charge on any atom is 0.127 e. The number of likely N-dealkylation sites (N-methyl/N-ethyl adjacent to an activating group) is 1. The summed E-state index contributed by atoms with van der Waals surface area (Å²) in [6.07, 6.45) is 0. The molecular weight excluding hydrogens is 246 g/mol. The van der Waals surface area contributed by atoms with Crippen molar-refractivity contribution in [3.63, 3.8) is 0 Å². The van der Waals surface area contributed by atoms with Gasteiger partial charge in [-0.3, -0.25) is 0 Å². The van der Waals surface area contributed by atoms with Crippen molar-refractivity contribution in [1.82, 2.24) is 14.5 Å². The van der Waals surface area contributed by atoms with Crippen LogP contribution in [0.3, 0.4) is 0 Å². The van der Waals surface area contributed by atoms with E-state index in [-0.39, 0.29) is 5.38 Å². The first-order chi connectivity index (χ1) is 8.50. The first kappa shape index (κ1) is 13.4. The molecule has 0 aliphatic heterocycles. The van der Waals surface area contributed by atoms with Crippen LogP contribution in [0.25, 0.3) is 11.0 Å². The lowest BCUT2D eigenvalue weighted by Gasteiger charge is -2.14. The number of benzene rings is 1. The quantitative estimate of drug-likeness (QED) is 0.792. The van der Waals surface area contributed by atoms with E-state index in [0.717, 1.165) is 24.4 Å². The van der Waals surface area contributed by atoms with Gasteiger partial charge in [0.1, 0.15) is 5.82 Å². The summed E-state index contributed by atoms with van der Waals surface area (Å²) in [5.41, 5.74) is 3.45. The number of imidazole rings is 1. The highest BCUT2D eigenvalue weighted by molar-refractivity contribution is 6.20. The van der Waals surface area contributed by atoms with Crippen molar-refractivity contribution >= 4 is 22.6 Å². The molecular formula is C14H20ClN3. The van der Waals surface area contributed by atoms with Gasteiger partial charge in [-0.2, -0.15) is 0 Å². The summed E-state index contributed by atoms with van der Waals surface area (Å²) in [5.74, 6) is 0.961. The second kappa shape index (κ2) is 5.29. The highest BCUT2D eigenvalue weighted by Gasteiger charge is 2.15. The molecule has 0 spiro atoms. The Bertz CT molecular complexity index is 543.